The number of methoxy groups -OCH3 is 1. The Morgan fingerprint density at radius 1 is 1.04 bits per heavy atom. The van der Waals surface area contributed by atoms with Gasteiger partial charge in [-0.2, -0.15) is 13.2 Å². The molecule has 1 heterocycles. The molecule has 0 aliphatic heterocycles. The Kier molecular flexibility index (Phi) is 4.82. The molecule has 0 radical (unpaired) electrons. The Hall–Kier alpha value is -2.67. The summed E-state index contributed by atoms with van der Waals surface area (Å²) in [5, 5.41) is 0. The Bertz CT molecular complexity index is 995. The number of aryl methyl sites for hydroxylation is 1. The van der Waals surface area contributed by atoms with Gasteiger partial charge in [0.25, 0.3) is 0 Å². The van der Waals surface area contributed by atoms with Gasteiger partial charge in [-0.1, -0.05) is 29.8 Å². The quantitative estimate of drug-likeness (QED) is 0.557. The van der Waals surface area contributed by atoms with E-state index in [1.54, 1.807) is 12.3 Å². The van der Waals surface area contributed by atoms with Crippen LogP contribution in [0.15, 0.2) is 54.7 Å². The number of benzene rings is 2. The van der Waals surface area contributed by atoms with E-state index >= 15 is 0 Å². The maximum atomic E-state index is 13.0. The van der Waals surface area contributed by atoms with E-state index in [4.69, 9.17) is 17.0 Å². The number of hydrogen-bond donors (Lipinski definition) is 0. The van der Waals surface area contributed by atoms with Gasteiger partial charge < -0.3 is 4.74 Å². The second-order valence-electron chi connectivity index (χ2n) is 5.72. The molecule has 2 aromatic carbocycles. The van der Waals surface area contributed by atoms with Gasteiger partial charge in [0.15, 0.2) is 0 Å². The summed E-state index contributed by atoms with van der Waals surface area (Å²) >= 11 is 5.31. The molecule has 0 amide bonds. The van der Waals surface area contributed by atoms with E-state index in [9.17, 15) is 13.2 Å². The molecule has 0 bridgehead atoms. The van der Waals surface area contributed by atoms with Crippen LogP contribution in [0.2, 0.25) is 0 Å². The second kappa shape index (κ2) is 6.92. The second-order valence-corrected chi connectivity index (χ2v) is 6.08. The molecule has 0 saturated carbocycles. The lowest BCUT2D eigenvalue weighted by Gasteiger charge is -2.15. The normalized spacial score (nSPS) is 11.4. The number of ether oxygens (including phenoxy) is 1. The fourth-order valence-electron chi connectivity index (χ4n) is 2.53. The summed E-state index contributed by atoms with van der Waals surface area (Å²) < 4.78 is 45.9. The van der Waals surface area contributed by atoms with Crippen LogP contribution < -0.4 is 4.74 Å². The number of alkyl halides is 3. The highest BCUT2D eigenvalue weighted by molar-refractivity contribution is 7.71. The van der Waals surface area contributed by atoms with Crippen LogP contribution in [0.4, 0.5) is 13.2 Å². The third-order valence-electron chi connectivity index (χ3n) is 3.92. The molecule has 0 fully saturated rings. The molecule has 0 aliphatic rings. The van der Waals surface area contributed by atoms with Gasteiger partial charge in [0.1, 0.15) is 5.75 Å². The fourth-order valence-corrected chi connectivity index (χ4v) is 2.78. The van der Waals surface area contributed by atoms with E-state index in [0.717, 1.165) is 23.3 Å². The summed E-state index contributed by atoms with van der Waals surface area (Å²) in [6.45, 7) is 1.98. The molecule has 1 aromatic heterocycles. The first-order valence-corrected chi connectivity index (χ1v) is 8.13. The minimum atomic E-state index is -4.46. The Morgan fingerprint density at radius 2 is 1.73 bits per heavy atom. The highest BCUT2D eigenvalue weighted by Crippen LogP contribution is 2.34. The molecular formula is C19H15F3N2OS. The van der Waals surface area contributed by atoms with Crippen LogP contribution in [0, 0.1) is 11.7 Å². The zero-order chi connectivity index (χ0) is 18.9. The minimum Gasteiger partial charge on any atom is -0.495 e. The molecule has 3 aromatic rings. The maximum Gasteiger partial charge on any atom is 0.416 e. The van der Waals surface area contributed by atoms with Crippen molar-refractivity contribution in [3.63, 3.8) is 0 Å². The van der Waals surface area contributed by atoms with Crippen molar-refractivity contribution in [2.24, 2.45) is 0 Å². The standard InChI is InChI=1S/C19H15F3N2OS/c1-12-3-5-13(6-4-12)15-9-10-24(18(26)23-15)16-11-14(19(20,21)22)7-8-17(16)25-2/h3-11H,1-2H3. The predicted molar refractivity (Wildman–Crippen MR) is 96.1 cm³/mol. The van der Waals surface area contributed by atoms with Crippen molar-refractivity contribution in [2.45, 2.75) is 13.1 Å². The van der Waals surface area contributed by atoms with Gasteiger partial charge in [-0.15, -0.1) is 0 Å². The molecule has 3 nitrogen and oxygen atoms in total. The lowest BCUT2D eigenvalue weighted by atomic mass is 10.1. The summed E-state index contributed by atoms with van der Waals surface area (Å²) in [7, 11) is 1.39. The van der Waals surface area contributed by atoms with Crippen molar-refractivity contribution in [2.75, 3.05) is 7.11 Å². The van der Waals surface area contributed by atoms with Crippen LogP contribution in [-0.4, -0.2) is 16.7 Å². The van der Waals surface area contributed by atoms with Gasteiger partial charge in [0.2, 0.25) is 4.77 Å². The molecular weight excluding hydrogens is 361 g/mol. The van der Waals surface area contributed by atoms with E-state index in [2.05, 4.69) is 4.98 Å². The van der Waals surface area contributed by atoms with Crippen molar-refractivity contribution in [3.05, 3.63) is 70.6 Å². The first-order chi connectivity index (χ1) is 12.3. The van der Waals surface area contributed by atoms with Crippen molar-refractivity contribution in [3.8, 4) is 22.7 Å². The number of hydrogen-bond acceptors (Lipinski definition) is 3. The van der Waals surface area contributed by atoms with Crippen LogP contribution in [0.3, 0.4) is 0 Å². The van der Waals surface area contributed by atoms with Gasteiger partial charge in [0, 0.05) is 11.8 Å². The number of rotatable bonds is 3. The Balaban J connectivity index is 2.10. The maximum absolute atomic E-state index is 13.0. The predicted octanol–water partition coefficient (Wildman–Crippen LogP) is 5.60. The third kappa shape index (κ3) is 3.62. The lowest BCUT2D eigenvalue weighted by Crippen LogP contribution is -2.08. The molecule has 0 atom stereocenters. The average Bonchev–Trinajstić information content (AvgIpc) is 2.61. The van der Waals surface area contributed by atoms with Crippen LogP contribution in [-0.2, 0) is 6.18 Å². The first-order valence-electron chi connectivity index (χ1n) is 7.72. The summed E-state index contributed by atoms with van der Waals surface area (Å²) in [6, 6.07) is 12.7. The van der Waals surface area contributed by atoms with Crippen molar-refractivity contribution in [1.82, 2.24) is 9.55 Å². The molecule has 26 heavy (non-hydrogen) atoms. The summed E-state index contributed by atoms with van der Waals surface area (Å²) in [6.07, 6.45) is -2.86. The van der Waals surface area contributed by atoms with Gasteiger partial charge in [-0.05, 0) is 43.4 Å². The average molecular weight is 376 g/mol. The number of aromatic nitrogens is 2. The molecule has 134 valence electrons. The summed E-state index contributed by atoms with van der Waals surface area (Å²) in [5.41, 5.74) is 2.06. The topological polar surface area (TPSA) is 27.1 Å². The largest absolute Gasteiger partial charge is 0.495 e. The van der Waals surface area contributed by atoms with Gasteiger partial charge in [0.05, 0.1) is 24.1 Å². The van der Waals surface area contributed by atoms with Crippen LogP contribution >= 0.6 is 12.2 Å². The zero-order valence-electron chi connectivity index (χ0n) is 14.0. The molecule has 3 rings (SSSR count). The molecule has 7 heteroatoms. The molecule has 0 aliphatic carbocycles. The highest BCUT2D eigenvalue weighted by Gasteiger charge is 2.31. The van der Waals surface area contributed by atoms with Crippen LogP contribution in [0.5, 0.6) is 5.75 Å². The molecule has 0 saturated heterocycles. The number of halogens is 3. The first kappa shape index (κ1) is 18.1. The molecule has 0 N–H and O–H groups in total. The Labute approximate surface area is 153 Å². The zero-order valence-corrected chi connectivity index (χ0v) is 14.9. The third-order valence-corrected chi connectivity index (χ3v) is 4.20. The van der Waals surface area contributed by atoms with E-state index in [0.29, 0.717) is 5.69 Å². The summed E-state index contributed by atoms with van der Waals surface area (Å²) in [5.74, 6) is 0.277. The van der Waals surface area contributed by atoms with Crippen LogP contribution in [0.1, 0.15) is 11.1 Å². The molecule has 0 unspecified atom stereocenters. The van der Waals surface area contributed by atoms with Gasteiger partial charge in [-0.3, -0.25) is 4.57 Å². The van der Waals surface area contributed by atoms with Crippen molar-refractivity contribution >= 4 is 12.2 Å². The van der Waals surface area contributed by atoms with Crippen molar-refractivity contribution in [1.29, 1.82) is 0 Å². The number of nitrogens with zero attached hydrogens (tertiary/aromatic N) is 2. The SMILES string of the molecule is COc1ccc(C(F)(F)F)cc1-n1ccc(-c2ccc(C)cc2)nc1=S. The summed E-state index contributed by atoms with van der Waals surface area (Å²) in [4.78, 5) is 4.36. The van der Waals surface area contributed by atoms with Gasteiger partial charge in [-0.25, -0.2) is 4.98 Å². The highest BCUT2D eigenvalue weighted by atomic mass is 32.1. The lowest BCUT2D eigenvalue weighted by molar-refractivity contribution is -0.137. The van der Waals surface area contributed by atoms with E-state index in [-0.39, 0.29) is 16.2 Å². The van der Waals surface area contributed by atoms with Crippen molar-refractivity contribution < 1.29 is 17.9 Å². The minimum absolute atomic E-state index is 0.140. The fraction of sp³-hybridized carbons (Fsp3) is 0.158. The Morgan fingerprint density at radius 3 is 2.31 bits per heavy atom. The van der Waals surface area contributed by atoms with E-state index in [1.165, 1.54) is 17.7 Å². The van der Waals surface area contributed by atoms with Crippen LogP contribution in [0.25, 0.3) is 16.9 Å². The molecule has 0 spiro atoms. The van der Waals surface area contributed by atoms with E-state index < -0.39 is 11.7 Å². The van der Waals surface area contributed by atoms with E-state index in [1.807, 2.05) is 31.2 Å². The monoisotopic (exact) mass is 376 g/mol. The van der Waals surface area contributed by atoms with Gasteiger partial charge >= 0.3 is 6.18 Å². The smallest absolute Gasteiger partial charge is 0.416 e.